The Morgan fingerprint density at radius 3 is 2.55 bits per heavy atom. The number of rotatable bonds is 5. The van der Waals surface area contributed by atoms with Crippen LogP contribution in [0.5, 0.6) is 17.2 Å². The molecular weight excluding hydrogens is 390 g/mol. The van der Waals surface area contributed by atoms with E-state index in [2.05, 4.69) is 0 Å². The summed E-state index contributed by atoms with van der Waals surface area (Å²) in [5, 5.41) is 9.59. The fourth-order valence-electron chi connectivity index (χ4n) is 3.21. The molecule has 0 bridgehead atoms. The molecule has 0 fully saturated rings. The van der Waals surface area contributed by atoms with Gasteiger partial charge in [-0.25, -0.2) is 8.42 Å². The molecule has 0 saturated heterocycles. The summed E-state index contributed by atoms with van der Waals surface area (Å²) in [6, 6.07) is 21.0. The average Bonchev–Trinajstić information content (AvgIpc) is 2.73. The summed E-state index contributed by atoms with van der Waals surface area (Å²) in [5.41, 5.74) is 1.23. The molecule has 29 heavy (non-hydrogen) atoms. The number of benzene rings is 3. The summed E-state index contributed by atoms with van der Waals surface area (Å²) in [6.45, 7) is 1.56. The van der Waals surface area contributed by atoms with Crippen molar-refractivity contribution in [2.45, 2.75) is 17.9 Å². The Morgan fingerprint density at radius 2 is 1.83 bits per heavy atom. The minimum absolute atomic E-state index is 0.00850. The molecule has 0 saturated carbocycles. The van der Waals surface area contributed by atoms with Crippen LogP contribution in [0.3, 0.4) is 0 Å². The molecule has 0 unspecified atom stereocenters. The van der Waals surface area contributed by atoms with Crippen molar-refractivity contribution in [3.63, 3.8) is 0 Å². The first-order valence-corrected chi connectivity index (χ1v) is 10.7. The predicted octanol–water partition coefficient (Wildman–Crippen LogP) is 3.74. The number of fused-ring (bicyclic) bond motifs is 1. The van der Waals surface area contributed by atoms with Gasteiger partial charge in [0.05, 0.1) is 23.7 Å². The van der Waals surface area contributed by atoms with Gasteiger partial charge in [0, 0.05) is 6.07 Å². The number of hydrogen-bond acceptors (Lipinski definition) is 5. The zero-order valence-electron chi connectivity index (χ0n) is 15.9. The molecule has 7 heteroatoms. The molecule has 4 rings (SSSR count). The quantitative estimate of drug-likeness (QED) is 0.692. The first-order valence-electron chi connectivity index (χ1n) is 9.21. The van der Waals surface area contributed by atoms with Crippen molar-refractivity contribution in [2.75, 3.05) is 17.5 Å². The van der Waals surface area contributed by atoms with E-state index in [-0.39, 0.29) is 18.0 Å². The Balaban J connectivity index is 1.76. The van der Waals surface area contributed by atoms with Crippen LogP contribution in [0.15, 0.2) is 77.7 Å². The zero-order valence-corrected chi connectivity index (χ0v) is 16.7. The van der Waals surface area contributed by atoms with Gasteiger partial charge in [-0.05, 0) is 48.9 Å². The molecule has 1 heterocycles. The van der Waals surface area contributed by atoms with Crippen LogP contribution in [0.1, 0.15) is 5.56 Å². The van der Waals surface area contributed by atoms with E-state index in [4.69, 9.17) is 9.47 Å². The van der Waals surface area contributed by atoms with E-state index in [0.29, 0.717) is 22.9 Å². The van der Waals surface area contributed by atoms with Crippen LogP contribution < -0.4 is 13.8 Å². The number of aryl methyl sites for hydroxylation is 1. The Labute approximate surface area is 170 Å². The highest BCUT2D eigenvalue weighted by Crippen LogP contribution is 2.40. The second-order valence-electron chi connectivity index (χ2n) is 6.82. The molecule has 1 aliphatic rings. The number of para-hydroxylation sites is 1. The van der Waals surface area contributed by atoms with Gasteiger partial charge >= 0.3 is 0 Å². The monoisotopic (exact) mass is 411 g/mol. The molecule has 0 aromatic heterocycles. The highest BCUT2D eigenvalue weighted by Gasteiger charge is 2.34. The Bertz CT molecular complexity index is 1120. The zero-order chi connectivity index (χ0) is 20.4. The van der Waals surface area contributed by atoms with E-state index < -0.39 is 16.1 Å². The Kier molecular flexibility index (Phi) is 5.17. The molecule has 3 aromatic rings. The van der Waals surface area contributed by atoms with Gasteiger partial charge in [0.1, 0.15) is 23.4 Å². The second-order valence-corrected chi connectivity index (χ2v) is 8.68. The first kappa shape index (κ1) is 19.3. The third-order valence-corrected chi connectivity index (χ3v) is 6.40. The largest absolute Gasteiger partial charge is 0.484 e. The van der Waals surface area contributed by atoms with Crippen molar-refractivity contribution in [1.82, 2.24) is 0 Å². The van der Waals surface area contributed by atoms with E-state index >= 15 is 0 Å². The third kappa shape index (κ3) is 3.92. The molecule has 0 spiro atoms. The lowest BCUT2D eigenvalue weighted by atomic mass is 10.2. The molecule has 0 radical (unpaired) electrons. The van der Waals surface area contributed by atoms with Crippen molar-refractivity contribution in [3.8, 4) is 17.2 Å². The van der Waals surface area contributed by atoms with Gasteiger partial charge in [-0.2, -0.15) is 0 Å². The normalized spacial score (nSPS) is 16.1. The van der Waals surface area contributed by atoms with Crippen molar-refractivity contribution >= 4 is 15.7 Å². The molecule has 0 aliphatic carbocycles. The van der Waals surface area contributed by atoms with Crippen molar-refractivity contribution in [3.05, 3.63) is 78.4 Å². The maximum Gasteiger partial charge on any atom is 0.264 e. The molecule has 0 amide bonds. The maximum absolute atomic E-state index is 13.4. The number of aliphatic hydroxyl groups is 1. The van der Waals surface area contributed by atoms with Crippen molar-refractivity contribution in [2.24, 2.45) is 0 Å². The van der Waals surface area contributed by atoms with E-state index in [9.17, 15) is 13.5 Å². The number of ether oxygens (including phenoxy) is 2. The van der Waals surface area contributed by atoms with Crippen LogP contribution in [-0.2, 0) is 10.0 Å². The highest BCUT2D eigenvalue weighted by molar-refractivity contribution is 7.92. The average molecular weight is 411 g/mol. The minimum atomic E-state index is -3.84. The summed E-state index contributed by atoms with van der Waals surface area (Å²) in [6.07, 6.45) is -0.650. The third-order valence-electron chi connectivity index (χ3n) is 4.62. The number of nitrogens with zero attached hydrogens (tertiary/aromatic N) is 1. The van der Waals surface area contributed by atoms with Gasteiger partial charge in [-0.3, -0.25) is 4.31 Å². The summed E-state index contributed by atoms with van der Waals surface area (Å²) >= 11 is 0. The van der Waals surface area contributed by atoms with Gasteiger partial charge in [0.25, 0.3) is 10.0 Å². The topological polar surface area (TPSA) is 76.1 Å². The highest BCUT2D eigenvalue weighted by atomic mass is 32.2. The molecular formula is C22H21NO5S. The SMILES string of the molecule is Cc1cccc(S(=O)(=O)N2C[C@H](CO)Oc3ccc(Oc4ccccc4)cc32)c1. The van der Waals surface area contributed by atoms with Crippen LogP contribution in [0.2, 0.25) is 0 Å². The summed E-state index contributed by atoms with van der Waals surface area (Å²) in [7, 11) is -3.84. The van der Waals surface area contributed by atoms with E-state index in [1.807, 2.05) is 43.3 Å². The van der Waals surface area contributed by atoms with Gasteiger partial charge in [0.15, 0.2) is 0 Å². The van der Waals surface area contributed by atoms with E-state index in [1.165, 1.54) is 4.31 Å². The Hall–Kier alpha value is -3.03. The van der Waals surface area contributed by atoms with Crippen LogP contribution in [0, 0.1) is 6.92 Å². The number of sulfonamides is 1. The summed E-state index contributed by atoms with van der Waals surface area (Å²) in [5.74, 6) is 1.52. The van der Waals surface area contributed by atoms with Crippen molar-refractivity contribution < 1.29 is 23.0 Å². The van der Waals surface area contributed by atoms with Crippen LogP contribution in [0.4, 0.5) is 5.69 Å². The number of anilines is 1. The fraction of sp³-hybridized carbons (Fsp3) is 0.182. The van der Waals surface area contributed by atoms with Crippen LogP contribution in [0.25, 0.3) is 0 Å². The molecule has 6 nitrogen and oxygen atoms in total. The van der Waals surface area contributed by atoms with Gasteiger partial charge < -0.3 is 14.6 Å². The van der Waals surface area contributed by atoms with Gasteiger partial charge in [0.2, 0.25) is 0 Å². The first-order chi connectivity index (χ1) is 14.0. The van der Waals surface area contributed by atoms with Crippen molar-refractivity contribution in [1.29, 1.82) is 0 Å². The molecule has 150 valence electrons. The lowest BCUT2D eigenvalue weighted by Gasteiger charge is -2.35. The number of aliphatic hydroxyl groups excluding tert-OH is 1. The van der Waals surface area contributed by atoms with Crippen LogP contribution in [-0.4, -0.2) is 32.8 Å². The van der Waals surface area contributed by atoms with E-state index in [1.54, 1.807) is 36.4 Å². The molecule has 1 atom stereocenters. The van der Waals surface area contributed by atoms with E-state index in [0.717, 1.165) is 5.56 Å². The lowest BCUT2D eigenvalue weighted by molar-refractivity contribution is 0.116. The summed E-state index contributed by atoms with van der Waals surface area (Å²) in [4.78, 5) is 0.191. The maximum atomic E-state index is 13.4. The minimum Gasteiger partial charge on any atom is -0.484 e. The summed E-state index contributed by atoms with van der Waals surface area (Å²) < 4.78 is 39.7. The Morgan fingerprint density at radius 1 is 1.03 bits per heavy atom. The molecule has 1 N–H and O–H groups in total. The van der Waals surface area contributed by atoms with Gasteiger partial charge in [-0.1, -0.05) is 30.3 Å². The predicted molar refractivity (Wildman–Crippen MR) is 110 cm³/mol. The van der Waals surface area contributed by atoms with Gasteiger partial charge in [-0.15, -0.1) is 0 Å². The molecule has 3 aromatic carbocycles. The molecule has 1 aliphatic heterocycles. The standard InChI is InChI=1S/C22H21NO5S/c1-16-6-5-9-20(12-16)29(25,26)23-14-19(15-24)28-22-11-10-18(13-21(22)23)27-17-7-3-2-4-8-17/h2-13,19,24H,14-15H2,1H3/t19-/m1/s1. The lowest BCUT2D eigenvalue weighted by Crippen LogP contribution is -2.45. The number of hydrogen-bond donors (Lipinski definition) is 1. The smallest absolute Gasteiger partial charge is 0.264 e. The van der Waals surface area contributed by atoms with Crippen LogP contribution >= 0.6 is 0 Å². The second kappa shape index (κ2) is 7.77. The fourth-order valence-corrected chi connectivity index (χ4v) is 4.81.